The molecule has 0 spiro atoms. The number of nitriles is 1. The number of nitrogens with zero attached hydrogens (tertiary/aromatic N) is 2. The number of nitrogen functional groups attached to an aromatic ring is 1. The highest BCUT2D eigenvalue weighted by molar-refractivity contribution is 5.91. The second kappa shape index (κ2) is 13.2. The van der Waals surface area contributed by atoms with Gasteiger partial charge in [-0.15, -0.1) is 24.8 Å². The zero-order chi connectivity index (χ0) is 24.9. The Labute approximate surface area is 229 Å². The van der Waals surface area contributed by atoms with Crippen molar-refractivity contribution in [3.8, 4) is 6.07 Å². The second-order valence-corrected chi connectivity index (χ2v) is 9.13. The third-order valence-electron chi connectivity index (χ3n) is 6.60. The Morgan fingerprint density at radius 2 is 1.84 bits per heavy atom. The summed E-state index contributed by atoms with van der Waals surface area (Å²) in [7, 11) is 0. The van der Waals surface area contributed by atoms with Crippen molar-refractivity contribution in [2.24, 2.45) is 5.92 Å². The van der Waals surface area contributed by atoms with Crippen LogP contribution in [0.25, 0.3) is 10.8 Å². The molecule has 37 heavy (non-hydrogen) atoms. The van der Waals surface area contributed by atoms with Gasteiger partial charge >= 0.3 is 0 Å². The Balaban J connectivity index is 0.00000241. The molecule has 3 aromatic rings. The summed E-state index contributed by atoms with van der Waals surface area (Å²) in [6.07, 6.45) is 1.50. The normalized spacial score (nSPS) is 17.1. The fourth-order valence-corrected chi connectivity index (χ4v) is 4.62. The molecule has 4 rings (SSSR count). The van der Waals surface area contributed by atoms with E-state index in [2.05, 4.69) is 27.0 Å². The predicted octanol–water partition coefficient (Wildman–Crippen LogP) is 3.18. The van der Waals surface area contributed by atoms with Crippen molar-refractivity contribution in [1.29, 1.82) is 5.26 Å². The summed E-state index contributed by atoms with van der Waals surface area (Å²) >= 11 is 0. The Morgan fingerprint density at radius 1 is 1.14 bits per heavy atom. The van der Waals surface area contributed by atoms with E-state index in [1.165, 1.54) is 5.56 Å². The molecule has 1 aliphatic rings. The smallest absolute Gasteiger partial charge is 0.242 e. The highest BCUT2D eigenvalue weighted by atomic mass is 35.5. The zero-order valence-corrected chi connectivity index (χ0v) is 22.4. The Hall–Kier alpha value is -3.38. The summed E-state index contributed by atoms with van der Waals surface area (Å²) in [5, 5.41) is 20.4. The van der Waals surface area contributed by atoms with Crippen molar-refractivity contribution >= 4 is 53.2 Å². The number of benzene rings is 2. The number of nitrogens with two attached hydrogens (primary N) is 1. The van der Waals surface area contributed by atoms with Crippen molar-refractivity contribution < 1.29 is 9.59 Å². The summed E-state index contributed by atoms with van der Waals surface area (Å²) < 4.78 is 0. The number of fused-ring (bicyclic) bond motifs is 1. The number of rotatable bonds is 7. The molecular formula is C27H32Cl2N6O2. The van der Waals surface area contributed by atoms with Crippen LogP contribution in [-0.2, 0) is 22.6 Å². The van der Waals surface area contributed by atoms with Gasteiger partial charge in [0.05, 0.1) is 17.7 Å². The van der Waals surface area contributed by atoms with Crippen molar-refractivity contribution in [2.45, 2.75) is 45.3 Å². The number of hydrogen-bond donors (Lipinski definition) is 4. The van der Waals surface area contributed by atoms with E-state index in [0.717, 1.165) is 35.0 Å². The molecular weight excluding hydrogens is 511 g/mol. The molecule has 0 bridgehead atoms. The highest BCUT2D eigenvalue weighted by Crippen LogP contribution is 2.27. The lowest BCUT2D eigenvalue weighted by Gasteiger charge is -2.18. The van der Waals surface area contributed by atoms with Crippen LogP contribution in [0.15, 0.2) is 48.5 Å². The molecule has 0 saturated carbocycles. The molecule has 2 aromatic carbocycles. The second-order valence-electron chi connectivity index (χ2n) is 9.13. The first-order chi connectivity index (χ1) is 16.9. The van der Waals surface area contributed by atoms with Gasteiger partial charge in [0.1, 0.15) is 11.9 Å². The largest absolute Gasteiger partial charge is 0.384 e. The van der Waals surface area contributed by atoms with Crippen molar-refractivity contribution in [3.63, 3.8) is 0 Å². The van der Waals surface area contributed by atoms with Crippen molar-refractivity contribution in [2.75, 3.05) is 12.3 Å². The van der Waals surface area contributed by atoms with E-state index in [4.69, 9.17) is 5.73 Å². The predicted molar refractivity (Wildman–Crippen MR) is 150 cm³/mol. The van der Waals surface area contributed by atoms with Gasteiger partial charge in [-0.05, 0) is 73.2 Å². The van der Waals surface area contributed by atoms with Crippen LogP contribution in [0.1, 0.15) is 35.7 Å². The molecule has 1 aromatic heterocycles. The number of aromatic nitrogens is 1. The zero-order valence-electron chi connectivity index (χ0n) is 20.8. The highest BCUT2D eigenvalue weighted by Gasteiger charge is 2.31. The van der Waals surface area contributed by atoms with Crippen LogP contribution in [-0.4, -0.2) is 35.4 Å². The van der Waals surface area contributed by atoms with E-state index in [0.29, 0.717) is 24.3 Å². The van der Waals surface area contributed by atoms with Gasteiger partial charge in [0.2, 0.25) is 11.8 Å². The number of hydrogen-bond acceptors (Lipinski definition) is 6. The van der Waals surface area contributed by atoms with E-state index >= 15 is 0 Å². The number of anilines is 1. The molecule has 10 heteroatoms. The van der Waals surface area contributed by atoms with Crippen molar-refractivity contribution in [1.82, 2.24) is 20.9 Å². The van der Waals surface area contributed by atoms with Gasteiger partial charge in [-0.3, -0.25) is 9.59 Å². The number of pyridine rings is 1. The standard InChI is InChI=1S/C27H30N6O2.2ClH/c1-16-21(9-10-25(29)32-16)15-31-26(34)17(2)33-27(35)24-12-18(14-30-24)11-19-7-8-20(13-28)23-6-4-3-5-22(19)23;;/h3-10,17-18,24,30H,11-12,14-15H2,1-2H3,(H2,29,32)(H,31,34)(H,33,35);2*1H/t17-,18-,24+;;/m0../s1. The molecule has 2 amide bonds. The number of carbonyl (C=O) groups excluding carboxylic acids is 2. The number of nitrogens with one attached hydrogen (secondary N) is 3. The minimum absolute atomic E-state index is 0. The molecule has 1 aliphatic heterocycles. The summed E-state index contributed by atoms with van der Waals surface area (Å²) in [4.78, 5) is 29.5. The molecule has 0 unspecified atom stereocenters. The first-order valence-corrected chi connectivity index (χ1v) is 11.8. The van der Waals surface area contributed by atoms with E-state index < -0.39 is 6.04 Å². The summed E-state index contributed by atoms with van der Waals surface area (Å²) in [5.74, 6) is 0.290. The summed E-state index contributed by atoms with van der Waals surface area (Å²) in [6, 6.07) is 16.6. The maximum Gasteiger partial charge on any atom is 0.242 e. The lowest BCUT2D eigenvalue weighted by Crippen LogP contribution is -2.50. The Kier molecular flexibility index (Phi) is 10.7. The van der Waals surface area contributed by atoms with E-state index in [1.54, 1.807) is 13.0 Å². The molecule has 1 fully saturated rings. The van der Waals surface area contributed by atoms with Crippen LogP contribution in [0, 0.1) is 24.2 Å². The number of halogens is 2. The average Bonchev–Trinajstić information content (AvgIpc) is 3.32. The lowest BCUT2D eigenvalue weighted by atomic mass is 9.91. The van der Waals surface area contributed by atoms with Crippen LogP contribution in [0.2, 0.25) is 0 Å². The monoisotopic (exact) mass is 542 g/mol. The van der Waals surface area contributed by atoms with Gasteiger partial charge in [0, 0.05) is 12.2 Å². The van der Waals surface area contributed by atoms with Crippen LogP contribution in [0.3, 0.4) is 0 Å². The number of amides is 2. The minimum atomic E-state index is -0.659. The van der Waals surface area contributed by atoms with Gasteiger partial charge in [0.15, 0.2) is 0 Å². The topological polar surface area (TPSA) is 133 Å². The van der Waals surface area contributed by atoms with Crippen LogP contribution in [0.4, 0.5) is 5.82 Å². The molecule has 196 valence electrons. The first kappa shape index (κ1) is 29.8. The fourth-order valence-electron chi connectivity index (χ4n) is 4.62. The molecule has 0 radical (unpaired) electrons. The Morgan fingerprint density at radius 3 is 2.54 bits per heavy atom. The lowest BCUT2D eigenvalue weighted by molar-refractivity contribution is -0.129. The first-order valence-electron chi connectivity index (χ1n) is 11.8. The van der Waals surface area contributed by atoms with Gasteiger partial charge in [-0.2, -0.15) is 5.26 Å². The molecule has 5 N–H and O–H groups in total. The molecule has 3 atom stereocenters. The quantitative estimate of drug-likeness (QED) is 0.362. The molecule has 8 nitrogen and oxygen atoms in total. The molecule has 2 heterocycles. The maximum atomic E-state index is 12.8. The number of aryl methyl sites for hydroxylation is 1. The number of carbonyl (C=O) groups is 2. The average molecular weight is 543 g/mol. The van der Waals surface area contributed by atoms with Crippen LogP contribution >= 0.6 is 24.8 Å². The van der Waals surface area contributed by atoms with Gasteiger partial charge in [-0.25, -0.2) is 4.98 Å². The van der Waals surface area contributed by atoms with E-state index in [-0.39, 0.29) is 48.6 Å². The maximum absolute atomic E-state index is 12.8. The third kappa shape index (κ3) is 7.10. The van der Waals surface area contributed by atoms with E-state index in [9.17, 15) is 14.9 Å². The van der Waals surface area contributed by atoms with Gasteiger partial charge in [0.25, 0.3) is 0 Å². The molecule has 0 aliphatic carbocycles. The van der Waals surface area contributed by atoms with Crippen LogP contribution < -0.4 is 21.7 Å². The summed E-state index contributed by atoms with van der Waals surface area (Å²) in [6.45, 7) is 4.55. The van der Waals surface area contributed by atoms with Crippen molar-refractivity contribution in [3.05, 3.63) is 70.9 Å². The van der Waals surface area contributed by atoms with Crippen LogP contribution in [0.5, 0.6) is 0 Å². The third-order valence-corrected chi connectivity index (χ3v) is 6.60. The Bertz CT molecular complexity index is 1310. The molecule has 1 saturated heterocycles. The summed E-state index contributed by atoms with van der Waals surface area (Å²) in [5.41, 5.74) is 9.15. The van der Waals surface area contributed by atoms with Gasteiger partial charge in [-0.1, -0.05) is 36.4 Å². The van der Waals surface area contributed by atoms with Gasteiger partial charge < -0.3 is 21.7 Å². The minimum Gasteiger partial charge on any atom is -0.384 e. The fraction of sp³-hybridized carbons (Fsp3) is 0.333. The SMILES string of the molecule is Cc1nc(N)ccc1CNC(=O)[C@H](C)NC(=O)[C@H]1C[C@H](Cc2ccc(C#N)c3ccccc23)CN1.Cl.Cl. The van der Waals surface area contributed by atoms with E-state index in [1.807, 2.05) is 49.4 Å².